The zero-order valence-corrected chi connectivity index (χ0v) is 12.0. The first kappa shape index (κ1) is 14.2. The fourth-order valence-corrected chi connectivity index (χ4v) is 2.00. The third-order valence-corrected chi connectivity index (χ3v) is 3.06. The predicted octanol–water partition coefficient (Wildman–Crippen LogP) is 4.41. The van der Waals surface area contributed by atoms with Crippen molar-refractivity contribution < 1.29 is 0 Å². The summed E-state index contributed by atoms with van der Waals surface area (Å²) in [4.78, 5) is 0. The molecule has 0 aromatic heterocycles. The average molecular weight is 233 g/mol. The van der Waals surface area contributed by atoms with E-state index in [1.54, 1.807) is 0 Å². The average Bonchev–Trinajstić information content (AvgIpc) is 2.23. The fraction of sp³-hybridized carbons (Fsp3) is 0.625. The van der Waals surface area contributed by atoms with Crippen LogP contribution >= 0.6 is 0 Å². The molecule has 1 nitrogen and oxygen atoms in total. The van der Waals surface area contributed by atoms with E-state index in [-0.39, 0.29) is 0 Å². The van der Waals surface area contributed by atoms with Crippen LogP contribution in [0, 0.1) is 11.3 Å². The second kappa shape index (κ2) is 6.20. The van der Waals surface area contributed by atoms with Gasteiger partial charge in [0.25, 0.3) is 0 Å². The molecule has 1 aromatic rings. The Morgan fingerprint density at radius 1 is 1.06 bits per heavy atom. The SMILES string of the molecule is CC(C)C(NCCC(C)(C)C)c1ccccc1. The molecule has 1 rings (SSSR count). The van der Waals surface area contributed by atoms with Gasteiger partial charge in [-0.15, -0.1) is 0 Å². The highest BCUT2D eigenvalue weighted by Crippen LogP contribution is 2.23. The van der Waals surface area contributed by atoms with Gasteiger partial charge in [0.1, 0.15) is 0 Å². The zero-order valence-electron chi connectivity index (χ0n) is 12.0. The van der Waals surface area contributed by atoms with Gasteiger partial charge < -0.3 is 5.32 Å². The quantitative estimate of drug-likeness (QED) is 0.794. The molecule has 17 heavy (non-hydrogen) atoms. The third-order valence-electron chi connectivity index (χ3n) is 3.06. The van der Waals surface area contributed by atoms with Crippen LogP contribution in [0.2, 0.25) is 0 Å². The standard InChI is InChI=1S/C16H27N/c1-13(2)15(14-9-7-6-8-10-14)17-12-11-16(3,4)5/h6-10,13,15,17H,11-12H2,1-5H3. The van der Waals surface area contributed by atoms with Crippen LogP contribution in [-0.4, -0.2) is 6.54 Å². The van der Waals surface area contributed by atoms with E-state index in [1.165, 1.54) is 12.0 Å². The normalized spacial score (nSPS) is 14.0. The van der Waals surface area contributed by atoms with Crippen LogP contribution in [0.25, 0.3) is 0 Å². The Morgan fingerprint density at radius 2 is 1.65 bits per heavy atom. The van der Waals surface area contributed by atoms with Crippen LogP contribution in [-0.2, 0) is 0 Å². The first-order valence-corrected chi connectivity index (χ1v) is 6.68. The van der Waals surface area contributed by atoms with Gasteiger partial charge in [0.05, 0.1) is 0 Å². The van der Waals surface area contributed by atoms with E-state index >= 15 is 0 Å². The summed E-state index contributed by atoms with van der Waals surface area (Å²) in [5, 5.41) is 3.69. The Morgan fingerprint density at radius 3 is 2.12 bits per heavy atom. The summed E-state index contributed by atoms with van der Waals surface area (Å²) in [7, 11) is 0. The molecule has 0 aliphatic carbocycles. The summed E-state index contributed by atoms with van der Waals surface area (Å²) >= 11 is 0. The lowest BCUT2D eigenvalue weighted by Gasteiger charge is -2.25. The van der Waals surface area contributed by atoms with E-state index < -0.39 is 0 Å². The van der Waals surface area contributed by atoms with E-state index in [2.05, 4.69) is 70.3 Å². The Hall–Kier alpha value is -0.820. The second-order valence-corrected chi connectivity index (χ2v) is 6.40. The summed E-state index contributed by atoms with van der Waals surface area (Å²) in [5.74, 6) is 0.623. The smallest absolute Gasteiger partial charge is 0.0343 e. The molecule has 0 amide bonds. The van der Waals surface area contributed by atoms with Crippen LogP contribution < -0.4 is 5.32 Å². The van der Waals surface area contributed by atoms with E-state index in [4.69, 9.17) is 0 Å². The topological polar surface area (TPSA) is 12.0 Å². The Kier molecular flexibility index (Phi) is 5.20. The van der Waals surface area contributed by atoms with Crippen molar-refractivity contribution in [3.8, 4) is 0 Å². The van der Waals surface area contributed by atoms with Crippen LogP contribution in [0.5, 0.6) is 0 Å². The van der Waals surface area contributed by atoms with E-state index in [9.17, 15) is 0 Å². The molecule has 1 heteroatoms. The Balaban J connectivity index is 2.57. The van der Waals surface area contributed by atoms with Gasteiger partial charge in [-0.25, -0.2) is 0 Å². The molecule has 1 unspecified atom stereocenters. The van der Waals surface area contributed by atoms with E-state index in [0.717, 1.165) is 6.54 Å². The highest BCUT2D eigenvalue weighted by molar-refractivity contribution is 5.19. The van der Waals surface area contributed by atoms with Gasteiger partial charge in [-0.1, -0.05) is 65.0 Å². The lowest BCUT2D eigenvalue weighted by Crippen LogP contribution is -2.28. The molecule has 1 N–H and O–H groups in total. The second-order valence-electron chi connectivity index (χ2n) is 6.40. The lowest BCUT2D eigenvalue weighted by molar-refractivity contribution is 0.333. The highest BCUT2D eigenvalue weighted by atomic mass is 14.9. The number of rotatable bonds is 5. The molecular weight excluding hydrogens is 206 g/mol. The molecule has 1 aromatic carbocycles. The van der Waals surface area contributed by atoms with Crippen LogP contribution in [0.3, 0.4) is 0 Å². The largest absolute Gasteiger partial charge is 0.310 e. The van der Waals surface area contributed by atoms with Gasteiger partial charge in [0.2, 0.25) is 0 Å². The number of hydrogen-bond acceptors (Lipinski definition) is 1. The molecule has 0 fully saturated rings. The monoisotopic (exact) mass is 233 g/mol. The van der Waals surface area contributed by atoms with Gasteiger partial charge in [-0.05, 0) is 29.9 Å². The maximum absolute atomic E-state index is 3.69. The summed E-state index contributed by atoms with van der Waals surface area (Å²) in [6, 6.07) is 11.2. The van der Waals surface area contributed by atoms with Crippen molar-refractivity contribution in [3.63, 3.8) is 0 Å². The minimum atomic E-state index is 0.408. The van der Waals surface area contributed by atoms with Crippen molar-refractivity contribution >= 4 is 0 Å². The molecule has 0 radical (unpaired) electrons. The lowest BCUT2D eigenvalue weighted by atomic mass is 9.91. The molecule has 96 valence electrons. The number of hydrogen-bond donors (Lipinski definition) is 1. The summed E-state index contributed by atoms with van der Waals surface area (Å²) in [5.41, 5.74) is 1.81. The first-order valence-electron chi connectivity index (χ1n) is 6.68. The van der Waals surface area contributed by atoms with Crippen molar-refractivity contribution in [2.24, 2.45) is 11.3 Å². The molecule has 0 saturated heterocycles. The van der Waals surface area contributed by atoms with Crippen molar-refractivity contribution in [3.05, 3.63) is 35.9 Å². The van der Waals surface area contributed by atoms with Crippen LogP contribution in [0.1, 0.15) is 52.6 Å². The van der Waals surface area contributed by atoms with Crippen molar-refractivity contribution in [2.45, 2.75) is 47.1 Å². The Bertz CT molecular complexity index is 308. The fourth-order valence-electron chi connectivity index (χ4n) is 2.00. The molecule has 0 aliphatic rings. The maximum atomic E-state index is 3.69. The van der Waals surface area contributed by atoms with Crippen molar-refractivity contribution in [2.75, 3.05) is 6.54 Å². The van der Waals surface area contributed by atoms with Crippen LogP contribution in [0.15, 0.2) is 30.3 Å². The summed E-state index contributed by atoms with van der Waals surface area (Å²) < 4.78 is 0. The molecule has 0 heterocycles. The summed E-state index contributed by atoms with van der Waals surface area (Å²) in [6.45, 7) is 12.5. The molecule has 1 atom stereocenters. The minimum Gasteiger partial charge on any atom is -0.310 e. The van der Waals surface area contributed by atoms with Crippen LogP contribution in [0.4, 0.5) is 0 Å². The predicted molar refractivity (Wildman–Crippen MR) is 76.1 cm³/mol. The first-order chi connectivity index (χ1) is 7.90. The summed E-state index contributed by atoms with van der Waals surface area (Å²) in [6.07, 6.45) is 1.21. The molecule has 0 spiro atoms. The number of benzene rings is 1. The van der Waals surface area contributed by atoms with Gasteiger partial charge in [-0.2, -0.15) is 0 Å². The van der Waals surface area contributed by atoms with E-state index in [0.29, 0.717) is 17.4 Å². The molecule has 0 aliphatic heterocycles. The van der Waals surface area contributed by atoms with Gasteiger partial charge in [0, 0.05) is 6.04 Å². The van der Waals surface area contributed by atoms with Crippen molar-refractivity contribution in [1.82, 2.24) is 5.32 Å². The zero-order chi connectivity index (χ0) is 12.9. The number of nitrogens with one attached hydrogen (secondary N) is 1. The van der Waals surface area contributed by atoms with E-state index in [1.807, 2.05) is 0 Å². The Labute approximate surface area is 107 Å². The van der Waals surface area contributed by atoms with Gasteiger partial charge >= 0.3 is 0 Å². The molecule has 0 bridgehead atoms. The highest BCUT2D eigenvalue weighted by Gasteiger charge is 2.16. The third kappa shape index (κ3) is 5.36. The van der Waals surface area contributed by atoms with Crippen molar-refractivity contribution in [1.29, 1.82) is 0 Å². The minimum absolute atomic E-state index is 0.408. The maximum Gasteiger partial charge on any atom is 0.0343 e. The molecule has 0 saturated carbocycles. The van der Waals surface area contributed by atoms with Gasteiger partial charge in [0.15, 0.2) is 0 Å². The molecular formula is C16H27N. The van der Waals surface area contributed by atoms with Gasteiger partial charge in [-0.3, -0.25) is 0 Å².